The molecule has 1 heterocycles. The molecule has 0 saturated heterocycles. The summed E-state index contributed by atoms with van der Waals surface area (Å²) in [4.78, 5) is 14.4. The number of esters is 1. The van der Waals surface area contributed by atoms with E-state index < -0.39 is 0 Å². The highest BCUT2D eigenvalue weighted by Crippen LogP contribution is 2.34. The van der Waals surface area contributed by atoms with Gasteiger partial charge in [-0.3, -0.25) is 0 Å². The molecule has 0 unspecified atom stereocenters. The first-order valence-electron chi connectivity index (χ1n) is 5.10. The Morgan fingerprint density at radius 2 is 2.13 bits per heavy atom. The fraction of sp³-hybridized carbons (Fsp3) is 0.417. The summed E-state index contributed by atoms with van der Waals surface area (Å²) in [6.07, 6.45) is 2.07. The van der Waals surface area contributed by atoms with Crippen molar-refractivity contribution >= 4 is 11.5 Å². The predicted octanol–water partition coefficient (Wildman–Crippen LogP) is 2.54. The standard InChI is InChI=1S/C12H15NO2/c1-7(2)8-4-5-10-9(8)6-11(13-10)12(14)15-3/h6,13H,4-5H2,1-3H3. The van der Waals surface area contributed by atoms with Gasteiger partial charge in [0.25, 0.3) is 0 Å². The molecule has 0 aromatic carbocycles. The van der Waals surface area contributed by atoms with Crippen molar-refractivity contribution in [3.63, 3.8) is 0 Å². The number of nitrogens with one attached hydrogen (secondary N) is 1. The molecule has 1 aromatic heterocycles. The van der Waals surface area contributed by atoms with E-state index in [-0.39, 0.29) is 5.97 Å². The van der Waals surface area contributed by atoms with E-state index in [9.17, 15) is 4.79 Å². The maximum atomic E-state index is 11.3. The van der Waals surface area contributed by atoms with Crippen molar-refractivity contribution in [3.8, 4) is 0 Å². The quantitative estimate of drug-likeness (QED) is 0.716. The molecule has 1 aliphatic rings. The number of hydrogen-bond acceptors (Lipinski definition) is 2. The van der Waals surface area contributed by atoms with Crippen LogP contribution in [0.2, 0.25) is 0 Å². The van der Waals surface area contributed by atoms with Gasteiger partial charge < -0.3 is 9.72 Å². The van der Waals surface area contributed by atoms with Gasteiger partial charge in [0.05, 0.1) is 7.11 Å². The third kappa shape index (κ3) is 1.58. The van der Waals surface area contributed by atoms with Gasteiger partial charge in [-0.2, -0.15) is 0 Å². The first-order valence-corrected chi connectivity index (χ1v) is 5.10. The second kappa shape index (κ2) is 3.57. The minimum absolute atomic E-state index is 0.294. The molecular formula is C12H15NO2. The van der Waals surface area contributed by atoms with Crippen LogP contribution in [-0.4, -0.2) is 18.1 Å². The van der Waals surface area contributed by atoms with Crippen LogP contribution in [0.5, 0.6) is 0 Å². The lowest BCUT2D eigenvalue weighted by Crippen LogP contribution is -2.01. The van der Waals surface area contributed by atoms with Gasteiger partial charge in [-0.25, -0.2) is 4.79 Å². The van der Waals surface area contributed by atoms with Crippen molar-refractivity contribution in [1.82, 2.24) is 4.98 Å². The van der Waals surface area contributed by atoms with Crippen LogP contribution in [0.15, 0.2) is 11.6 Å². The summed E-state index contributed by atoms with van der Waals surface area (Å²) < 4.78 is 4.68. The summed E-state index contributed by atoms with van der Waals surface area (Å²) in [5.41, 5.74) is 5.59. The molecule has 2 rings (SSSR count). The molecule has 0 aliphatic heterocycles. The fourth-order valence-electron chi connectivity index (χ4n) is 2.09. The number of aryl methyl sites for hydroxylation is 1. The van der Waals surface area contributed by atoms with E-state index in [1.807, 2.05) is 6.07 Å². The number of carbonyl (C=O) groups is 1. The van der Waals surface area contributed by atoms with Crippen molar-refractivity contribution in [1.29, 1.82) is 0 Å². The van der Waals surface area contributed by atoms with E-state index in [0.29, 0.717) is 5.69 Å². The van der Waals surface area contributed by atoms with Crippen molar-refractivity contribution in [2.45, 2.75) is 26.7 Å². The minimum Gasteiger partial charge on any atom is -0.464 e. The van der Waals surface area contributed by atoms with E-state index in [1.54, 1.807) is 0 Å². The monoisotopic (exact) mass is 205 g/mol. The van der Waals surface area contributed by atoms with E-state index in [4.69, 9.17) is 0 Å². The average molecular weight is 205 g/mol. The van der Waals surface area contributed by atoms with E-state index >= 15 is 0 Å². The first kappa shape index (κ1) is 10.0. The number of fused-ring (bicyclic) bond motifs is 1. The molecule has 1 aliphatic carbocycles. The highest BCUT2D eigenvalue weighted by molar-refractivity contribution is 5.90. The number of carbonyl (C=O) groups excluding carboxylic acids is 1. The number of H-pyrrole nitrogens is 1. The third-order valence-electron chi connectivity index (χ3n) is 2.86. The van der Waals surface area contributed by atoms with Crippen LogP contribution in [0.25, 0.3) is 5.57 Å². The molecule has 3 heteroatoms. The Morgan fingerprint density at radius 3 is 2.73 bits per heavy atom. The number of methoxy groups -OCH3 is 1. The molecule has 0 saturated carbocycles. The maximum Gasteiger partial charge on any atom is 0.354 e. The zero-order valence-electron chi connectivity index (χ0n) is 9.31. The molecule has 0 atom stereocenters. The lowest BCUT2D eigenvalue weighted by atomic mass is 10.1. The van der Waals surface area contributed by atoms with Crippen molar-refractivity contribution in [2.75, 3.05) is 7.11 Å². The van der Waals surface area contributed by atoms with Gasteiger partial charge in [0, 0.05) is 5.69 Å². The number of ether oxygens (including phenoxy) is 1. The molecule has 0 fully saturated rings. The smallest absolute Gasteiger partial charge is 0.354 e. The minimum atomic E-state index is -0.294. The van der Waals surface area contributed by atoms with Crippen LogP contribution >= 0.6 is 0 Å². The highest BCUT2D eigenvalue weighted by atomic mass is 16.5. The van der Waals surface area contributed by atoms with Crippen LogP contribution < -0.4 is 0 Å². The molecule has 3 nitrogen and oxygen atoms in total. The van der Waals surface area contributed by atoms with Gasteiger partial charge in [-0.15, -0.1) is 0 Å². The molecule has 0 radical (unpaired) electrons. The summed E-state index contributed by atoms with van der Waals surface area (Å²) in [7, 11) is 1.40. The van der Waals surface area contributed by atoms with Crippen LogP contribution in [-0.2, 0) is 11.2 Å². The number of rotatable bonds is 1. The van der Waals surface area contributed by atoms with E-state index in [2.05, 4.69) is 23.6 Å². The van der Waals surface area contributed by atoms with Gasteiger partial charge in [0.1, 0.15) is 5.69 Å². The summed E-state index contributed by atoms with van der Waals surface area (Å²) in [6, 6.07) is 1.90. The van der Waals surface area contributed by atoms with Crippen LogP contribution in [0.1, 0.15) is 42.0 Å². The van der Waals surface area contributed by atoms with Crippen molar-refractivity contribution in [2.24, 2.45) is 0 Å². The van der Waals surface area contributed by atoms with Crippen LogP contribution in [0.4, 0.5) is 0 Å². The Kier molecular flexibility index (Phi) is 2.39. The molecule has 0 spiro atoms. The van der Waals surface area contributed by atoms with Crippen molar-refractivity contribution in [3.05, 3.63) is 28.6 Å². The van der Waals surface area contributed by atoms with E-state index in [0.717, 1.165) is 18.5 Å². The summed E-state index contributed by atoms with van der Waals surface area (Å²) in [5, 5.41) is 0. The molecule has 1 aromatic rings. The Labute approximate surface area is 89.1 Å². The van der Waals surface area contributed by atoms with Gasteiger partial charge in [-0.05, 0) is 43.9 Å². The summed E-state index contributed by atoms with van der Waals surface area (Å²) in [6.45, 7) is 4.21. The number of aromatic amines is 1. The normalized spacial score (nSPS) is 13.9. The summed E-state index contributed by atoms with van der Waals surface area (Å²) in [5.74, 6) is -0.294. The lowest BCUT2D eigenvalue weighted by molar-refractivity contribution is 0.0594. The first-order chi connectivity index (χ1) is 7.13. The van der Waals surface area contributed by atoms with E-state index in [1.165, 1.54) is 23.8 Å². The average Bonchev–Trinajstić information content (AvgIpc) is 2.73. The zero-order valence-corrected chi connectivity index (χ0v) is 9.31. The second-order valence-corrected chi connectivity index (χ2v) is 4.05. The van der Waals surface area contributed by atoms with Gasteiger partial charge in [0.2, 0.25) is 0 Å². The number of allylic oxidation sites excluding steroid dienone is 2. The Bertz CT molecular complexity index is 436. The molecule has 0 bridgehead atoms. The number of aromatic nitrogens is 1. The Balaban J connectivity index is 2.43. The van der Waals surface area contributed by atoms with Gasteiger partial charge in [-0.1, -0.05) is 5.57 Å². The lowest BCUT2D eigenvalue weighted by Gasteiger charge is -1.99. The topological polar surface area (TPSA) is 42.1 Å². The Morgan fingerprint density at radius 1 is 1.40 bits per heavy atom. The van der Waals surface area contributed by atoms with Gasteiger partial charge in [0.15, 0.2) is 0 Å². The van der Waals surface area contributed by atoms with Crippen LogP contribution in [0.3, 0.4) is 0 Å². The van der Waals surface area contributed by atoms with Crippen molar-refractivity contribution < 1.29 is 9.53 Å². The predicted molar refractivity (Wildman–Crippen MR) is 58.7 cm³/mol. The highest BCUT2D eigenvalue weighted by Gasteiger charge is 2.22. The van der Waals surface area contributed by atoms with Gasteiger partial charge >= 0.3 is 5.97 Å². The fourth-order valence-corrected chi connectivity index (χ4v) is 2.09. The maximum absolute atomic E-state index is 11.3. The second-order valence-electron chi connectivity index (χ2n) is 4.05. The molecule has 0 amide bonds. The summed E-state index contributed by atoms with van der Waals surface area (Å²) >= 11 is 0. The largest absolute Gasteiger partial charge is 0.464 e. The zero-order chi connectivity index (χ0) is 11.0. The molecule has 1 N–H and O–H groups in total. The Hall–Kier alpha value is -1.51. The molecule has 80 valence electrons. The molecular weight excluding hydrogens is 190 g/mol. The third-order valence-corrected chi connectivity index (χ3v) is 2.86. The SMILES string of the molecule is COC(=O)c1cc2c([nH]1)CCC2=C(C)C. The molecule has 15 heavy (non-hydrogen) atoms. The number of hydrogen-bond donors (Lipinski definition) is 1. The van der Waals surface area contributed by atoms with Crippen LogP contribution in [0, 0.1) is 0 Å².